The Morgan fingerprint density at radius 1 is 0.917 bits per heavy atom. The summed E-state index contributed by atoms with van der Waals surface area (Å²) in [5.74, 6) is 0.636. The summed E-state index contributed by atoms with van der Waals surface area (Å²) in [7, 11) is 1.63. The minimum Gasteiger partial charge on any atom is -0.497 e. The van der Waals surface area contributed by atoms with E-state index < -0.39 is 0 Å². The van der Waals surface area contributed by atoms with E-state index in [1.807, 2.05) is 84.9 Å². The van der Waals surface area contributed by atoms with Crippen LogP contribution in [0, 0.1) is 0 Å². The summed E-state index contributed by atoms with van der Waals surface area (Å²) < 4.78 is 5.26. The van der Waals surface area contributed by atoms with Crippen LogP contribution in [0.15, 0.2) is 84.9 Å². The van der Waals surface area contributed by atoms with E-state index in [1.165, 1.54) is 0 Å². The summed E-state index contributed by atoms with van der Waals surface area (Å²) in [6, 6.07) is 26.5. The Hall–Kier alpha value is -4.39. The number of methoxy groups -OCH3 is 1. The highest BCUT2D eigenvalue weighted by molar-refractivity contribution is 6.07. The molecule has 1 saturated heterocycles. The first-order chi connectivity index (χ1) is 17.6. The number of aromatic nitrogens is 1. The molecule has 2 heterocycles. The molecule has 0 bridgehead atoms. The molecule has 1 aliphatic heterocycles. The lowest BCUT2D eigenvalue weighted by Gasteiger charge is -2.32. The number of pyridine rings is 1. The van der Waals surface area contributed by atoms with E-state index in [-0.39, 0.29) is 18.0 Å². The molecule has 0 aliphatic carbocycles. The second-order valence-corrected chi connectivity index (χ2v) is 8.83. The SMILES string of the molecule is COc1ccc(-c2cc(C(=O)NC3CCN(C(=O)Nc4ccccc4)CC3)c3ccccc3n2)cc1. The lowest BCUT2D eigenvalue weighted by atomic mass is 10.0. The first kappa shape index (κ1) is 23.4. The van der Waals surface area contributed by atoms with Gasteiger partial charge < -0.3 is 20.3 Å². The number of anilines is 1. The minimum atomic E-state index is -0.129. The number of para-hydroxylation sites is 2. The number of carbonyl (C=O) groups excluding carboxylic acids is 2. The van der Waals surface area contributed by atoms with Gasteiger partial charge in [0, 0.05) is 35.8 Å². The molecule has 182 valence electrons. The lowest BCUT2D eigenvalue weighted by Crippen LogP contribution is -2.47. The molecule has 7 nitrogen and oxygen atoms in total. The predicted molar refractivity (Wildman–Crippen MR) is 141 cm³/mol. The molecule has 2 N–H and O–H groups in total. The van der Waals surface area contributed by atoms with Gasteiger partial charge in [0.1, 0.15) is 5.75 Å². The molecule has 0 atom stereocenters. The third-order valence-electron chi connectivity index (χ3n) is 6.49. The van der Waals surface area contributed by atoms with Gasteiger partial charge in [0.2, 0.25) is 0 Å². The van der Waals surface area contributed by atoms with Crippen molar-refractivity contribution < 1.29 is 14.3 Å². The smallest absolute Gasteiger partial charge is 0.321 e. The summed E-state index contributed by atoms with van der Waals surface area (Å²) in [5.41, 5.74) is 3.77. The predicted octanol–water partition coefficient (Wildman–Crippen LogP) is 5.34. The maximum Gasteiger partial charge on any atom is 0.321 e. The van der Waals surface area contributed by atoms with Crippen molar-refractivity contribution in [1.82, 2.24) is 15.2 Å². The zero-order valence-corrected chi connectivity index (χ0v) is 20.1. The number of amides is 3. The number of fused-ring (bicyclic) bond motifs is 1. The van der Waals surface area contributed by atoms with E-state index in [0.29, 0.717) is 31.5 Å². The zero-order chi connectivity index (χ0) is 24.9. The molecule has 3 aromatic carbocycles. The molecule has 7 heteroatoms. The first-order valence-electron chi connectivity index (χ1n) is 12.1. The summed E-state index contributed by atoms with van der Waals surface area (Å²) in [4.78, 5) is 32.6. The van der Waals surface area contributed by atoms with Crippen LogP contribution in [0.2, 0.25) is 0 Å². The molecule has 36 heavy (non-hydrogen) atoms. The average molecular weight is 481 g/mol. The third kappa shape index (κ3) is 5.15. The molecule has 1 fully saturated rings. The van der Waals surface area contributed by atoms with Crippen LogP contribution in [0.4, 0.5) is 10.5 Å². The van der Waals surface area contributed by atoms with Crippen LogP contribution < -0.4 is 15.4 Å². The fourth-order valence-electron chi connectivity index (χ4n) is 4.49. The van der Waals surface area contributed by atoms with Gasteiger partial charge in [-0.05, 0) is 61.4 Å². The van der Waals surface area contributed by atoms with Crippen LogP contribution in [0.25, 0.3) is 22.2 Å². The second-order valence-electron chi connectivity index (χ2n) is 8.83. The topological polar surface area (TPSA) is 83.6 Å². The van der Waals surface area contributed by atoms with E-state index in [1.54, 1.807) is 12.0 Å². The van der Waals surface area contributed by atoms with E-state index in [2.05, 4.69) is 10.6 Å². The van der Waals surface area contributed by atoms with E-state index in [9.17, 15) is 9.59 Å². The number of piperidine rings is 1. The van der Waals surface area contributed by atoms with Crippen molar-refractivity contribution >= 4 is 28.5 Å². The largest absolute Gasteiger partial charge is 0.497 e. The number of hydrogen-bond donors (Lipinski definition) is 2. The van der Waals surface area contributed by atoms with Gasteiger partial charge in [-0.1, -0.05) is 36.4 Å². The molecule has 0 saturated carbocycles. The third-order valence-corrected chi connectivity index (χ3v) is 6.49. The number of nitrogens with one attached hydrogen (secondary N) is 2. The van der Waals surface area contributed by atoms with Gasteiger partial charge in [-0.3, -0.25) is 4.79 Å². The fraction of sp³-hybridized carbons (Fsp3) is 0.207. The van der Waals surface area contributed by atoms with Gasteiger partial charge in [0.05, 0.1) is 23.9 Å². The van der Waals surface area contributed by atoms with Crippen molar-refractivity contribution in [2.45, 2.75) is 18.9 Å². The molecule has 1 aromatic heterocycles. The monoisotopic (exact) mass is 480 g/mol. The molecule has 3 amide bonds. The molecular weight excluding hydrogens is 452 g/mol. The van der Waals surface area contributed by atoms with Crippen molar-refractivity contribution in [3.05, 3.63) is 90.5 Å². The van der Waals surface area contributed by atoms with Crippen LogP contribution >= 0.6 is 0 Å². The maximum atomic E-state index is 13.4. The molecule has 4 aromatic rings. The van der Waals surface area contributed by atoms with Gasteiger partial charge >= 0.3 is 6.03 Å². The Morgan fingerprint density at radius 3 is 2.33 bits per heavy atom. The molecule has 0 spiro atoms. The van der Waals surface area contributed by atoms with Crippen molar-refractivity contribution in [3.63, 3.8) is 0 Å². The number of rotatable bonds is 5. The number of carbonyl (C=O) groups is 2. The molecule has 0 unspecified atom stereocenters. The minimum absolute atomic E-state index is 0.00496. The number of ether oxygens (including phenoxy) is 1. The number of nitrogens with zero attached hydrogens (tertiary/aromatic N) is 2. The lowest BCUT2D eigenvalue weighted by molar-refractivity contribution is 0.0921. The summed E-state index contributed by atoms with van der Waals surface area (Å²) in [6.45, 7) is 1.16. The van der Waals surface area contributed by atoms with Crippen LogP contribution in [-0.2, 0) is 0 Å². The molecule has 1 aliphatic rings. The maximum absolute atomic E-state index is 13.4. The first-order valence-corrected chi connectivity index (χ1v) is 12.1. The highest BCUT2D eigenvalue weighted by Crippen LogP contribution is 2.27. The van der Waals surface area contributed by atoms with Crippen molar-refractivity contribution in [3.8, 4) is 17.0 Å². The quantitative estimate of drug-likeness (QED) is 0.404. The van der Waals surface area contributed by atoms with Crippen LogP contribution in [0.5, 0.6) is 5.75 Å². The van der Waals surface area contributed by atoms with E-state index in [4.69, 9.17) is 9.72 Å². The van der Waals surface area contributed by atoms with Gasteiger partial charge in [0.25, 0.3) is 5.91 Å². The molecule has 5 rings (SSSR count). The Morgan fingerprint density at radius 2 is 1.61 bits per heavy atom. The van der Waals surface area contributed by atoms with E-state index in [0.717, 1.165) is 33.6 Å². The molecule has 0 radical (unpaired) electrons. The Kier molecular flexibility index (Phi) is 6.80. The van der Waals surface area contributed by atoms with Crippen LogP contribution in [-0.4, -0.2) is 48.1 Å². The fourth-order valence-corrected chi connectivity index (χ4v) is 4.49. The summed E-state index contributed by atoms with van der Waals surface area (Å²) in [5, 5.41) is 6.93. The Bertz CT molecular complexity index is 1360. The van der Waals surface area contributed by atoms with Gasteiger partial charge in [-0.25, -0.2) is 9.78 Å². The Labute approximate surface area is 210 Å². The van der Waals surface area contributed by atoms with Gasteiger partial charge in [0.15, 0.2) is 0 Å². The van der Waals surface area contributed by atoms with Gasteiger partial charge in [-0.2, -0.15) is 0 Å². The normalized spacial score (nSPS) is 13.9. The number of benzene rings is 3. The summed E-state index contributed by atoms with van der Waals surface area (Å²) >= 11 is 0. The van der Waals surface area contributed by atoms with Crippen LogP contribution in [0.1, 0.15) is 23.2 Å². The van der Waals surface area contributed by atoms with E-state index >= 15 is 0 Å². The Balaban J connectivity index is 1.29. The van der Waals surface area contributed by atoms with Crippen LogP contribution in [0.3, 0.4) is 0 Å². The number of urea groups is 1. The van der Waals surface area contributed by atoms with Gasteiger partial charge in [-0.15, -0.1) is 0 Å². The number of likely N-dealkylation sites (tertiary alicyclic amines) is 1. The highest BCUT2D eigenvalue weighted by Gasteiger charge is 2.25. The standard InChI is InChI=1S/C29H28N4O3/c1-36-23-13-11-20(12-14-23)27-19-25(24-9-5-6-10-26(24)32-27)28(34)30-22-15-17-33(18-16-22)29(35)31-21-7-3-2-4-8-21/h2-14,19,22H,15-18H2,1H3,(H,30,34)(H,31,35). The average Bonchev–Trinajstić information content (AvgIpc) is 2.93. The molecular formula is C29H28N4O3. The summed E-state index contributed by atoms with van der Waals surface area (Å²) in [6.07, 6.45) is 1.39. The highest BCUT2D eigenvalue weighted by atomic mass is 16.5. The number of hydrogen-bond acceptors (Lipinski definition) is 4. The second kappa shape index (κ2) is 10.5. The zero-order valence-electron chi connectivity index (χ0n) is 20.1. The van der Waals surface area contributed by atoms with Crippen molar-refractivity contribution in [2.24, 2.45) is 0 Å². The van der Waals surface area contributed by atoms with Crippen molar-refractivity contribution in [1.29, 1.82) is 0 Å². The van der Waals surface area contributed by atoms with Crippen molar-refractivity contribution in [2.75, 3.05) is 25.5 Å².